The highest BCUT2D eigenvalue weighted by molar-refractivity contribution is 5.85. The van der Waals surface area contributed by atoms with Crippen molar-refractivity contribution in [1.82, 2.24) is 15.3 Å². The predicted molar refractivity (Wildman–Crippen MR) is 70.4 cm³/mol. The molecule has 1 aromatic heterocycles. The molecule has 0 radical (unpaired) electrons. The zero-order valence-electron chi connectivity index (χ0n) is 11.0. The van der Waals surface area contributed by atoms with Crippen LogP contribution >= 0.6 is 0 Å². The van der Waals surface area contributed by atoms with Crippen LogP contribution in [-0.4, -0.2) is 28.5 Å². The number of nitrogens with one attached hydrogen (secondary N) is 2. The van der Waals surface area contributed by atoms with E-state index in [1.807, 2.05) is 13.1 Å². The molecule has 2 rings (SSSR count). The second-order valence-corrected chi connectivity index (χ2v) is 4.67. The summed E-state index contributed by atoms with van der Waals surface area (Å²) >= 11 is 0. The summed E-state index contributed by atoms with van der Waals surface area (Å²) in [7, 11) is 0. The van der Waals surface area contributed by atoms with E-state index in [0.717, 1.165) is 49.4 Å². The number of hydrogen-bond donors (Lipinski definition) is 2. The number of hydrogen-bond acceptors (Lipinski definition) is 4. The zero-order valence-corrected chi connectivity index (χ0v) is 11.0. The Balaban J connectivity index is 2.15. The number of piperidine rings is 1. The average Bonchev–Trinajstić information content (AvgIpc) is 2.36. The highest BCUT2D eigenvalue weighted by Crippen LogP contribution is 2.17. The van der Waals surface area contributed by atoms with E-state index in [1.165, 1.54) is 0 Å². The Morgan fingerprint density at radius 3 is 3.11 bits per heavy atom. The third kappa shape index (κ3) is 2.97. The summed E-state index contributed by atoms with van der Waals surface area (Å²) in [6, 6.07) is -0.163. The molecular formula is C13H20N4O. The minimum Gasteiger partial charge on any atom is -0.358 e. The SMILES string of the molecule is CCCc1cnc(C)nc1NC1CCCNC1=O. The quantitative estimate of drug-likeness (QED) is 0.846. The van der Waals surface area contributed by atoms with Crippen molar-refractivity contribution in [2.75, 3.05) is 11.9 Å². The number of carbonyl (C=O) groups is 1. The summed E-state index contributed by atoms with van der Waals surface area (Å²) in [5.74, 6) is 1.61. The Kier molecular flexibility index (Phi) is 4.12. The monoisotopic (exact) mass is 248 g/mol. The number of carbonyl (C=O) groups excluding carboxylic acids is 1. The van der Waals surface area contributed by atoms with Crippen LogP contribution in [-0.2, 0) is 11.2 Å². The van der Waals surface area contributed by atoms with Gasteiger partial charge < -0.3 is 10.6 Å². The van der Waals surface area contributed by atoms with E-state index in [2.05, 4.69) is 27.5 Å². The highest BCUT2D eigenvalue weighted by Gasteiger charge is 2.22. The highest BCUT2D eigenvalue weighted by atomic mass is 16.2. The third-order valence-corrected chi connectivity index (χ3v) is 3.10. The van der Waals surface area contributed by atoms with Crippen LogP contribution in [0, 0.1) is 6.92 Å². The van der Waals surface area contributed by atoms with E-state index in [0.29, 0.717) is 0 Å². The number of aromatic nitrogens is 2. The van der Waals surface area contributed by atoms with Crippen molar-refractivity contribution in [3.63, 3.8) is 0 Å². The van der Waals surface area contributed by atoms with Crippen molar-refractivity contribution < 1.29 is 4.79 Å². The Morgan fingerprint density at radius 2 is 2.39 bits per heavy atom. The molecule has 1 unspecified atom stereocenters. The van der Waals surface area contributed by atoms with Crippen LogP contribution in [0.3, 0.4) is 0 Å². The zero-order chi connectivity index (χ0) is 13.0. The first-order chi connectivity index (χ1) is 8.70. The van der Waals surface area contributed by atoms with Crippen molar-refractivity contribution in [1.29, 1.82) is 0 Å². The van der Waals surface area contributed by atoms with Gasteiger partial charge in [-0.15, -0.1) is 0 Å². The molecule has 0 saturated carbocycles. The normalized spacial score (nSPS) is 19.4. The Hall–Kier alpha value is -1.65. The van der Waals surface area contributed by atoms with E-state index in [9.17, 15) is 4.79 Å². The lowest BCUT2D eigenvalue weighted by atomic mass is 10.1. The number of rotatable bonds is 4. The van der Waals surface area contributed by atoms with E-state index in [-0.39, 0.29) is 11.9 Å². The molecule has 5 heteroatoms. The maximum Gasteiger partial charge on any atom is 0.242 e. The van der Waals surface area contributed by atoms with Crippen molar-refractivity contribution in [2.45, 2.75) is 45.6 Å². The molecule has 2 N–H and O–H groups in total. The number of amides is 1. The predicted octanol–water partition coefficient (Wildman–Crippen LogP) is 1.43. The first-order valence-corrected chi connectivity index (χ1v) is 6.57. The molecule has 1 aliphatic rings. The topological polar surface area (TPSA) is 66.9 Å². The van der Waals surface area contributed by atoms with Gasteiger partial charge in [0, 0.05) is 18.3 Å². The average molecular weight is 248 g/mol. The minimum atomic E-state index is -0.163. The van der Waals surface area contributed by atoms with Crippen LogP contribution in [0.2, 0.25) is 0 Å². The van der Waals surface area contributed by atoms with E-state index in [1.54, 1.807) is 0 Å². The van der Waals surface area contributed by atoms with Gasteiger partial charge in [0.25, 0.3) is 0 Å². The first-order valence-electron chi connectivity index (χ1n) is 6.57. The fourth-order valence-corrected chi connectivity index (χ4v) is 2.15. The van der Waals surface area contributed by atoms with Crippen LogP contribution in [0.5, 0.6) is 0 Å². The van der Waals surface area contributed by atoms with Gasteiger partial charge in [-0.3, -0.25) is 4.79 Å². The van der Waals surface area contributed by atoms with Gasteiger partial charge >= 0.3 is 0 Å². The molecule has 98 valence electrons. The molecule has 0 aromatic carbocycles. The Morgan fingerprint density at radius 1 is 1.56 bits per heavy atom. The molecule has 1 atom stereocenters. The third-order valence-electron chi connectivity index (χ3n) is 3.10. The lowest BCUT2D eigenvalue weighted by Crippen LogP contribution is -2.44. The summed E-state index contributed by atoms with van der Waals surface area (Å²) < 4.78 is 0. The maximum absolute atomic E-state index is 11.7. The molecule has 0 bridgehead atoms. The van der Waals surface area contributed by atoms with E-state index >= 15 is 0 Å². The van der Waals surface area contributed by atoms with Gasteiger partial charge in [0.1, 0.15) is 17.7 Å². The van der Waals surface area contributed by atoms with Crippen LogP contribution < -0.4 is 10.6 Å². The molecule has 0 spiro atoms. The Bertz CT molecular complexity index is 433. The summed E-state index contributed by atoms with van der Waals surface area (Å²) in [6.45, 7) is 4.76. The fourth-order valence-electron chi connectivity index (χ4n) is 2.15. The van der Waals surface area contributed by atoms with Gasteiger partial charge in [0.2, 0.25) is 5.91 Å². The van der Waals surface area contributed by atoms with Gasteiger partial charge in [-0.2, -0.15) is 0 Å². The lowest BCUT2D eigenvalue weighted by Gasteiger charge is -2.24. The van der Waals surface area contributed by atoms with Crippen LogP contribution in [0.15, 0.2) is 6.20 Å². The largest absolute Gasteiger partial charge is 0.358 e. The maximum atomic E-state index is 11.7. The second kappa shape index (κ2) is 5.80. The summed E-state index contributed by atoms with van der Waals surface area (Å²) in [5.41, 5.74) is 1.08. The van der Waals surface area contributed by atoms with Crippen LogP contribution in [0.4, 0.5) is 5.82 Å². The van der Waals surface area contributed by atoms with Gasteiger partial charge in [-0.05, 0) is 26.2 Å². The van der Waals surface area contributed by atoms with Crippen LogP contribution in [0.25, 0.3) is 0 Å². The van der Waals surface area contributed by atoms with E-state index in [4.69, 9.17) is 0 Å². The number of nitrogens with zero attached hydrogens (tertiary/aromatic N) is 2. The standard InChI is InChI=1S/C13H20N4O/c1-3-5-10-8-15-9(2)16-12(10)17-11-6-4-7-14-13(11)18/h8,11H,3-7H2,1-2H3,(H,14,18)(H,15,16,17). The smallest absolute Gasteiger partial charge is 0.242 e. The molecule has 1 fully saturated rings. The summed E-state index contributed by atoms with van der Waals surface area (Å²) in [5, 5.41) is 6.14. The van der Waals surface area contributed by atoms with Gasteiger partial charge in [-0.1, -0.05) is 13.3 Å². The van der Waals surface area contributed by atoms with Crippen molar-refractivity contribution in [3.05, 3.63) is 17.6 Å². The number of aryl methyl sites for hydroxylation is 2. The molecule has 5 nitrogen and oxygen atoms in total. The Labute approximate surface area is 107 Å². The van der Waals surface area contributed by atoms with Gasteiger partial charge in [0.05, 0.1) is 0 Å². The first kappa shape index (κ1) is 12.8. The lowest BCUT2D eigenvalue weighted by molar-refractivity contribution is -0.123. The van der Waals surface area contributed by atoms with Gasteiger partial charge in [0.15, 0.2) is 0 Å². The molecule has 2 heterocycles. The van der Waals surface area contributed by atoms with Crippen molar-refractivity contribution in [2.24, 2.45) is 0 Å². The molecule has 1 aromatic rings. The molecule has 18 heavy (non-hydrogen) atoms. The molecule has 1 aliphatic heterocycles. The molecule has 0 aliphatic carbocycles. The fraction of sp³-hybridized carbons (Fsp3) is 0.615. The van der Waals surface area contributed by atoms with Crippen molar-refractivity contribution in [3.8, 4) is 0 Å². The van der Waals surface area contributed by atoms with Crippen LogP contribution in [0.1, 0.15) is 37.6 Å². The number of anilines is 1. The summed E-state index contributed by atoms with van der Waals surface area (Å²) in [4.78, 5) is 20.4. The minimum absolute atomic E-state index is 0.0694. The molecule has 1 saturated heterocycles. The second-order valence-electron chi connectivity index (χ2n) is 4.67. The van der Waals surface area contributed by atoms with E-state index < -0.39 is 0 Å². The molecular weight excluding hydrogens is 228 g/mol. The summed E-state index contributed by atoms with van der Waals surface area (Å²) in [6.07, 6.45) is 5.70. The van der Waals surface area contributed by atoms with Crippen molar-refractivity contribution >= 4 is 11.7 Å². The molecule has 1 amide bonds. The van der Waals surface area contributed by atoms with Gasteiger partial charge in [-0.25, -0.2) is 9.97 Å².